The third kappa shape index (κ3) is 6.88. The summed E-state index contributed by atoms with van der Waals surface area (Å²) in [5, 5.41) is 6.19. The molecule has 0 saturated carbocycles. The largest absolute Gasteiger partial charge is 0.484 e. The van der Waals surface area contributed by atoms with Crippen molar-refractivity contribution in [2.24, 2.45) is 4.99 Å². The number of likely N-dealkylation sites (tertiary alicyclic amines) is 1. The van der Waals surface area contributed by atoms with Crippen LogP contribution in [-0.4, -0.2) is 74.1 Å². The van der Waals surface area contributed by atoms with Gasteiger partial charge in [0.25, 0.3) is 5.91 Å². The number of ether oxygens (including phenoxy) is 1. The van der Waals surface area contributed by atoms with Crippen LogP contribution < -0.4 is 15.4 Å². The zero-order chi connectivity index (χ0) is 19.8. The Kier molecular flexibility index (Phi) is 9.72. The first-order chi connectivity index (χ1) is 13.7. The fourth-order valence-corrected chi connectivity index (χ4v) is 3.68. The Labute approximate surface area is 190 Å². The quantitative estimate of drug-likeness (QED) is 0.252. The molecule has 1 atom stereocenters. The summed E-state index contributed by atoms with van der Waals surface area (Å²) < 4.78 is 5.57. The van der Waals surface area contributed by atoms with Crippen molar-refractivity contribution in [2.75, 3.05) is 46.4 Å². The Morgan fingerprint density at radius 1 is 1.28 bits per heavy atom. The van der Waals surface area contributed by atoms with Crippen LogP contribution in [0.1, 0.15) is 18.9 Å². The van der Waals surface area contributed by atoms with Gasteiger partial charge in [-0.05, 0) is 31.0 Å². The highest BCUT2D eigenvalue weighted by molar-refractivity contribution is 14.0. The number of nitrogens with zero attached hydrogens (tertiary/aromatic N) is 3. The molecule has 1 fully saturated rings. The lowest BCUT2D eigenvalue weighted by Crippen LogP contribution is -2.42. The maximum Gasteiger partial charge on any atom is 0.257 e. The zero-order valence-corrected chi connectivity index (χ0v) is 19.6. The number of amides is 1. The summed E-state index contributed by atoms with van der Waals surface area (Å²) in [4.78, 5) is 20.9. The minimum atomic E-state index is -0.108. The van der Waals surface area contributed by atoms with E-state index >= 15 is 0 Å². The first-order valence-electron chi connectivity index (χ1n) is 10.0. The summed E-state index contributed by atoms with van der Waals surface area (Å²) in [6.07, 6.45) is 5.67. The molecule has 8 heteroatoms. The van der Waals surface area contributed by atoms with Gasteiger partial charge in [-0.1, -0.05) is 24.3 Å². The molecule has 0 radical (unpaired) electrons. The van der Waals surface area contributed by atoms with E-state index in [0.717, 1.165) is 37.7 Å². The van der Waals surface area contributed by atoms with Gasteiger partial charge in [0.1, 0.15) is 5.75 Å². The Bertz CT molecular complexity index is 717. The van der Waals surface area contributed by atoms with E-state index in [2.05, 4.69) is 37.6 Å². The maximum atomic E-state index is 11.5. The van der Waals surface area contributed by atoms with Gasteiger partial charge in [-0.15, -0.1) is 24.0 Å². The average Bonchev–Trinajstić information content (AvgIpc) is 3.39. The first-order valence-corrected chi connectivity index (χ1v) is 10.0. The predicted molar refractivity (Wildman–Crippen MR) is 127 cm³/mol. The van der Waals surface area contributed by atoms with Crippen molar-refractivity contribution in [3.05, 3.63) is 42.0 Å². The van der Waals surface area contributed by atoms with Gasteiger partial charge in [0, 0.05) is 52.4 Å². The van der Waals surface area contributed by atoms with Gasteiger partial charge in [-0.25, -0.2) is 0 Å². The van der Waals surface area contributed by atoms with Crippen molar-refractivity contribution in [2.45, 2.75) is 25.9 Å². The van der Waals surface area contributed by atoms with Crippen molar-refractivity contribution in [3.8, 4) is 5.75 Å². The molecule has 160 valence electrons. The summed E-state index contributed by atoms with van der Waals surface area (Å²) in [5.41, 5.74) is 1.09. The number of hydrogen-bond acceptors (Lipinski definition) is 4. The van der Waals surface area contributed by atoms with Crippen LogP contribution in [0.15, 0.2) is 41.4 Å². The molecule has 1 aromatic carbocycles. The number of likely N-dealkylation sites (N-methyl/N-ethyl adjacent to an activating group) is 1. The third-order valence-corrected chi connectivity index (χ3v) is 5.13. The average molecular weight is 513 g/mol. The Morgan fingerprint density at radius 2 is 2.07 bits per heavy atom. The number of nitrogens with one attached hydrogen (secondary N) is 2. The number of guanidine groups is 1. The van der Waals surface area contributed by atoms with Crippen LogP contribution in [-0.2, 0) is 11.3 Å². The third-order valence-electron chi connectivity index (χ3n) is 5.13. The van der Waals surface area contributed by atoms with Crippen molar-refractivity contribution < 1.29 is 9.53 Å². The van der Waals surface area contributed by atoms with E-state index in [1.807, 2.05) is 38.2 Å². The highest BCUT2D eigenvalue weighted by Gasteiger charge is 2.29. The van der Waals surface area contributed by atoms with Gasteiger partial charge in [0.2, 0.25) is 0 Å². The molecule has 1 amide bonds. The Balaban J connectivity index is 0.00000300. The van der Waals surface area contributed by atoms with Crippen LogP contribution in [0, 0.1) is 0 Å². The van der Waals surface area contributed by atoms with E-state index in [-0.39, 0.29) is 36.5 Å². The lowest BCUT2D eigenvalue weighted by Gasteiger charge is -2.25. The van der Waals surface area contributed by atoms with Crippen molar-refractivity contribution >= 4 is 35.8 Å². The van der Waals surface area contributed by atoms with E-state index in [1.165, 1.54) is 6.42 Å². The standard InChI is InChI=1S/C21H31N5O2.HI/c1-3-23-20(27)16-28-19-8-6-7-17(13-19)14-24-21(22-2)26-12-9-18(15-26)25-10-4-5-11-25;/h4-8,13,18H,3,9-12,14-16H2,1-2H3,(H,22,24)(H,23,27);1H. The molecule has 1 aromatic rings. The highest BCUT2D eigenvalue weighted by atomic mass is 127. The number of benzene rings is 1. The summed E-state index contributed by atoms with van der Waals surface area (Å²) in [6, 6.07) is 8.41. The van der Waals surface area contributed by atoms with E-state index in [1.54, 1.807) is 0 Å². The van der Waals surface area contributed by atoms with Gasteiger partial charge >= 0.3 is 0 Å². The number of aliphatic imine (C=N–C) groups is 1. The number of halogens is 1. The predicted octanol–water partition coefficient (Wildman–Crippen LogP) is 1.84. The summed E-state index contributed by atoms with van der Waals surface area (Å²) in [7, 11) is 1.83. The van der Waals surface area contributed by atoms with Gasteiger partial charge in [-0.3, -0.25) is 14.7 Å². The number of rotatable bonds is 7. The van der Waals surface area contributed by atoms with Crippen LogP contribution in [0.5, 0.6) is 5.75 Å². The molecule has 2 heterocycles. The second kappa shape index (κ2) is 12.0. The van der Waals surface area contributed by atoms with Gasteiger partial charge in [0.15, 0.2) is 12.6 Å². The molecule has 2 aliphatic heterocycles. The fourth-order valence-electron chi connectivity index (χ4n) is 3.68. The lowest BCUT2D eigenvalue weighted by atomic mass is 10.2. The summed E-state index contributed by atoms with van der Waals surface area (Å²) in [6.45, 7) is 7.36. The maximum absolute atomic E-state index is 11.5. The summed E-state index contributed by atoms with van der Waals surface area (Å²) >= 11 is 0. The van der Waals surface area contributed by atoms with Crippen molar-refractivity contribution in [1.29, 1.82) is 0 Å². The van der Waals surface area contributed by atoms with Crippen LogP contribution in [0.3, 0.4) is 0 Å². The molecule has 0 bridgehead atoms. The van der Waals surface area contributed by atoms with Crippen LogP contribution in [0.4, 0.5) is 0 Å². The van der Waals surface area contributed by atoms with Crippen molar-refractivity contribution in [1.82, 2.24) is 20.4 Å². The normalized spacial score (nSPS) is 19.2. The van der Waals surface area contributed by atoms with E-state index < -0.39 is 0 Å². The van der Waals surface area contributed by atoms with E-state index in [4.69, 9.17) is 4.74 Å². The smallest absolute Gasteiger partial charge is 0.257 e. The molecule has 7 nitrogen and oxygen atoms in total. The topological polar surface area (TPSA) is 69.2 Å². The fraction of sp³-hybridized carbons (Fsp3) is 0.524. The monoisotopic (exact) mass is 513 g/mol. The molecular formula is C21H32IN5O2. The van der Waals surface area contributed by atoms with Crippen molar-refractivity contribution in [3.63, 3.8) is 0 Å². The first kappa shape index (κ1) is 23.5. The van der Waals surface area contributed by atoms with Gasteiger partial charge in [0.05, 0.1) is 0 Å². The molecule has 2 N–H and O–H groups in total. The molecular weight excluding hydrogens is 481 g/mol. The molecule has 29 heavy (non-hydrogen) atoms. The molecule has 0 spiro atoms. The highest BCUT2D eigenvalue weighted by Crippen LogP contribution is 2.18. The summed E-state index contributed by atoms with van der Waals surface area (Å²) in [5.74, 6) is 1.52. The zero-order valence-electron chi connectivity index (χ0n) is 17.3. The van der Waals surface area contributed by atoms with Gasteiger partial charge in [-0.2, -0.15) is 0 Å². The van der Waals surface area contributed by atoms with Crippen LogP contribution in [0.25, 0.3) is 0 Å². The molecule has 2 aliphatic rings. The molecule has 1 saturated heterocycles. The molecule has 1 unspecified atom stereocenters. The number of carbonyl (C=O) groups excluding carboxylic acids is 1. The second-order valence-corrected chi connectivity index (χ2v) is 7.10. The van der Waals surface area contributed by atoms with Gasteiger partial charge < -0.3 is 20.3 Å². The van der Waals surface area contributed by atoms with Crippen LogP contribution in [0.2, 0.25) is 0 Å². The Morgan fingerprint density at radius 3 is 2.79 bits per heavy atom. The molecule has 0 aromatic heterocycles. The van der Waals surface area contributed by atoms with E-state index in [9.17, 15) is 4.79 Å². The minimum Gasteiger partial charge on any atom is -0.484 e. The number of carbonyl (C=O) groups is 1. The van der Waals surface area contributed by atoms with Crippen LogP contribution >= 0.6 is 24.0 Å². The second-order valence-electron chi connectivity index (χ2n) is 7.10. The SMILES string of the molecule is CCNC(=O)COc1cccc(CNC(=NC)N2CCC(N3CC=CC3)C2)c1.I. The minimum absolute atomic E-state index is 0. The molecule has 3 rings (SSSR count). The molecule has 0 aliphatic carbocycles. The Hall–Kier alpha value is -1.81. The lowest BCUT2D eigenvalue weighted by molar-refractivity contribution is -0.122. The van der Waals surface area contributed by atoms with E-state index in [0.29, 0.717) is 24.9 Å². The number of hydrogen-bond donors (Lipinski definition) is 2.